The Morgan fingerprint density at radius 1 is 1.43 bits per heavy atom. The summed E-state index contributed by atoms with van der Waals surface area (Å²) in [5.74, 6) is 0.955. The number of hydrogen-bond donors (Lipinski definition) is 1. The van der Waals surface area contributed by atoms with Crippen LogP contribution in [0.3, 0.4) is 0 Å². The molecular weight excluding hydrogens is 172 g/mol. The van der Waals surface area contributed by atoms with Crippen molar-refractivity contribution in [3.05, 3.63) is 0 Å². The largest absolute Gasteiger partial charge is 0.315 e. The Hall–Kier alpha value is -0.0800. The molecule has 0 bridgehead atoms. The molecule has 2 unspecified atom stereocenters. The maximum Gasteiger partial charge on any atom is 0.0220 e. The average molecular weight is 198 g/mol. The van der Waals surface area contributed by atoms with E-state index >= 15 is 0 Å². The summed E-state index contributed by atoms with van der Waals surface area (Å²) in [5.41, 5.74) is 0. The lowest BCUT2D eigenvalue weighted by molar-refractivity contribution is 0.213. The van der Waals surface area contributed by atoms with Gasteiger partial charge in [0.25, 0.3) is 0 Å². The van der Waals surface area contributed by atoms with E-state index in [4.69, 9.17) is 0 Å². The monoisotopic (exact) mass is 198 g/mol. The van der Waals surface area contributed by atoms with E-state index in [1.54, 1.807) is 0 Å². The zero-order valence-corrected chi connectivity index (χ0v) is 10.2. The van der Waals surface area contributed by atoms with Gasteiger partial charge in [0.15, 0.2) is 0 Å². The first-order valence-corrected chi connectivity index (χ1v) is 6.06. The molecule has 0 aliphatic heterocycles. The third-order valence-corrected chi connectivity index (χ3v) is 3.51. The summed E-state index contributed by atoms with van der Waals surface area (Å²) >= 11 is 0. The van der Waals surface area contributed by atoms with E-state index in [-0.39, 0.29) is 0 Å². The Kier molecular flexibility index (Phi) is 4.90. The fourth-order valence-electron chi connectivity index (χ4n) is 2.10. The van der Waals surface area contributed by atoms with Crippen LogP contribution < -0.4 is 5.32 Å². The van der Waals surface area contributed by atoms with Crippen LogP contribution in [0.4, 0.5) is 0 Å². The van der Waals surface area contributed by atoms with Gasteiger partial charge in [0.05, 0.1) is 0 Å². The molecule has 1 fully saturated rings. The van der Waals surface area contributed by atoms with Crippen LogP contribution in [0.5, 0.6) is 0 Å². The zero-order valence-electron chi connectivity index (χ0n) is 10.2. The molecule has 0 aromatic carbocycles. The molecule has 0 aromatic rings. The molecule has 0 radical (unpaired) electrons. The van der Waals surface area contributed by atoms with E-state index in [0.717, 1.165) is 18.0 Å². The molecule has 2 atom stereocenters. The molecule has 2 heteroatoms. The Bertz CT molecular complexity index is 154. The second kappa shape index (κ2) is 5.72. The van der Waals surface area contributed by atoms with Crippen LogP contribution in [0, 0.1) is 5.92 Å². The van der Waals surface area contributed by atoms with Gasteiger partial charge in [-0.25, -0.2) is 0 Å². The molecule has 1 rings (SSSR count). The summed E-state index contributed by atoms with van der Waals surface area (Å²) in [6.07, 6.45) is 5.47. The van der Waals surface area contributed by atoms with E-state index in [0.29, 0.717) is 0 Å². The number of nitrogens with zero attached hydrogens (tertiary/aromatic N) is 1. The van der Waals surface area contributed by atoms with E-state index in [9.17, 15) is 0 Å². The van der Waals surface area contributed by atoms with Gasteiger partial charge in [-0.15, -0.1) is 0 Å². The lowest BCUT2D eigenvalue weighted by atomic mass is 10.1. The van der Waals surface area contributed by atoms with Crippen molar-refractivity contribution in [2.75, 3.05) is 20.6 Å². The highest BCUT2D eigenvalue weighted by molar-refractivity contribution is 4.87. The maximum atomic E-state index is 3.45. The molecule has 0 amide bonds. The standard InChI is InChI=1S/C12H26N2/c1-5-6-10(2)14(4)9-12(13-3)11-7-8-11/h10-13H,5-9H2,1-4H3. The van der Waals surface area contributed by atoms with Crippen LogP contribution in [0.2, 0.25) is 0 Å². The predicted molar refractivity (Wildman–Crippen MR) is 62.6 cm³/mol. The highest BCUT2D eigenvalue weighted by Crippen LogP contribution is 2.32. The van der Waals surface area contributed by atoms with Gasteiger partial charge in [-0.05, 0) is 46.2 Å². The van der Waals surface area contributed by atoms with Gasteiger partial charge in [-0.1, -0.05) is 13.3 Å². The highest BCUT2D eigenvalue weighted by atomic mass is 15.1. The molecule has 1 aliphatic rings. The third-order valence-electron chi connectivity index (χ3n) is 3.51. The predicted octanol–water partition coefficient (Wildman–Crippen LogP) is 2.10. The summed E-state index contributed by atoms with van der Waals surface area (Å²) in [6, 6.07) is 1.45. The number of hydrogen-bond acceptors (Lipinski definition) is 2. The molecule has 0 heterocycles. The maximum absolute atomic E-state index is 3.45. The van der Waals surface area contributed by atoms with Crippen molar-refractivity contribution < 1.29 is 0 Å². The molecule has 0 saturated heterocycles. The molecule has 1 N–H and O–H groups in total. The molecule has 1 saturated carbocycles. The van der Waals surface area contributed by atoms with Crippen molar-refractivity contribution in [2.45, 2.75) is 51.6 Å². The minimum atomic E-state index is 0.722. The van der Waals surface area contributed by atoms with Crippen molar-refractivity contribution in [3.63, 3.8) is 0 Å². The lowest BCUT2D eigenvalue weighted by Gasteiger charge is -2.28. The number of rotatable bonds is 7. The first-order valence-electron chi connectivity index (χ1n) is 6.06. The Labute approximate surface area is 89.1 Å². The quantitative estimate of drug-likeness (QED) is 0.674. The SMILES string of the molecule is CCCC(C)N(C)CC(NC)C1CC1. The summed E-state index contributed by atoms with van der Waals surface area (Å²) in [7, 11) is 4.36. The number of likely N-dealkylation sites (N-methyl/N-ethyl adjacent to an activating group) is 2. The van der Waals surface area contributed by atoms with Crippen LogP contribution in [0.1, 0.15) is 39.5 Å². The number of nitrogens with one attached hydrogen (secondary N) is 1. The molecular formula is C12H26N2. The average Bonchev–Trinajstić information content (AvgIpc) is 2.97. The fourth-order valence-corrected chi connectivity index (χ4v) is 2.10. The topological polar surface area (TPSA) is 15.3 Å². The van der Waals surface area contributed by atoms with Crippen LogP contribution in [0.25, 0.3) is 0 Å². The van der Waals surface area contributed by atoms with E-state index in [1.165, 1.54) is 32.2 Å². The minimum Gasteiger partial charge on any atom is -0.315 e. The molecule has 1 aliphatic carbocycles. The molecule has 14 heavy (non-hydrogen) atoms. The van der Waals surface area contributed by atoms with E-state index in [2.05, 4.69) is 38.2 Å². The van der Waals surface area contributed by atoms with Gasteiger partial charge in [0.2, 0.25) is 0 Å². The van der Waals surface area contributed by atoms with Crippen LogP contribution >= 0.6 is 0 Å². The van der Waals surface area contributed by atoms with Gasteiger partial charge in [-0.3, -0.25) is 0 Å². The second-order valence-electron chi connectivity index (χ2n) is 4.81. The minimum absolute atomic E-state index is 0.722. The fraction of sp³-hybridized carbons (Fsp3) is 1.00. The smallest absolute Gasteiger partial charge is 0.0220 e. The molecule has 2 nitrogen and oxygen atoms in total. The van der Waals surface area contributed by atoms with Gasteiger partial charge in [0, 0.05) is 18.6 Å². The van der Waals surface area contributed by atoms with Gasteiger partial charge >= 0.3 is 0 Å². The van der Waals surface area contributed by atoms with Crippen molar-refractivity contribution in [2.24, 2.45) is 5.92 Å². The van der Waals surface area contributed by atoms with Crippen LogP contribution in [-0.4, -0.2) is 37.6 Å². The van der Waals surface area contributed by atoms with Crippen LogP contribution in [0.15, 0.2) is 0 Å². The summed E-state index contributed by atoms with van der Waals surface area (Å²) in [5, 5.41) is 3.45. The first-order chi connectivity index (χ1) is 6.69. The lowest BCUT2D eigenvalue weighted by Crippen LogP contribution is -2.42. The van der Waals surface area contributed by atoms with Gasteiger partial charge in [0.1, 0.15) is 0 Å². The van der Waals surface area contributed by atoms with Crippen molar-refractivity contribution in [3.8, 4) is 0 Å². The third kappa shape index (κ3) is 3.58. The van der Waals surface area contributed by atoms with E-state index in [1.807, 2.05) is 0 Å². The van der Waals surface area contributed by atoms with E-state index < -0.39 is 0 Å². The zero-order chi connectivity index (χ0) is 10.6. The first kappa shape index (κ1) is 12.0. The molecule has 84 valence electrons. The summed E-state index contributed by atoms with van der Waals surface area (Å²) in [4.78, 5) is 2.50. The normalized spacial score (nSPS) is 21.2. The van der Waals surface area contributed by atoms with Crippen LogP contribution in [-0.2, 0) is 0 Å². The molecule has 0 spiro atoms. The van der Waals surface area contributed by atoms with Gasteiger partial charge in [-0.2, -0.15) is 0 Å². The Morgan fingerprint density at radius 2 is 2.07 bits per heavy atom. The van der Waals surface area contributed by atoms with Gasteiger partial charge < -0.3 is 10.2 Å². The second-order valence-corrected chi connectivity index (χ2v) is 4.81. The van der Waals surface area contributed by atoms with Crippen molar-refractivity contribution in [1.82, 2.24) is 10.2 Å². The Morgan fingerprint density at radius 3 is 2.50 bits per heavy atom. The summed E-state index contributed by atoms with van der Waals surface area (Å²) < 4.78 is 0. The highest BCUT2D eigenvalue weighted by Gasteiger charge is 2.31. The van der Waals surface area contributed by atoms with Crippen molar-refractivity contribution in [1.29, 1.82) is 0 Å². The molecule has 0 aromatic heterocycles. The summed E-state index contributed by atoms with van der Waals surface area (Å²) in [6.45, 7) is 5.81. The van der Waals surface area contributed by atoms with Crippen molar-refractivity contribution >= 4 is 0 Å². The Balaban J connectivity index is 2.25.